The average Bonchev–Trinajstić information content (AvgIpc) is 2.85. The second-order valence-corrected chi connectivity index (χ2v) is 4.45. The molecule has 1 saturated heterocycles. The molecule has 7 heteroatoms. The third kappa shape index (κ3) is 3.25. The van der Waals surface area contributed by atoms with Crippen molar-refractivity contribution < 1.29 is 4.79 Å². The highest BCUT2D eigenvalue weighted by Gasteiger charge is 2.16. The Bertz CT molecular complexity index is 385. The standard InChI is InChI=1S/C11H20N6O/c1-2-3-10-13-14-15-17(10)7-4-11(18)16-8-5-12-6-9-16/h12H,2-9H2,1H3. The van der Waals surface area contributed by atoms with Crippen molar-refractivity contribution in [2.24, 2.45) is 0 Å². The molecule has 0 radical (unpaired) electrons. The van der Waals surface area contributed by atoms with E-state index in [-0.39, 0.29) is 5.91 Å². The topological polar surface area (TPSA) is 75.9 Å². The zero-order chi connectivity index (χ0) is 12.8. The van der Waals surface area contributed by atoms with Gasteiger partial charge in [-0.2, -0.15) is 0 Å². The molecule has 1 N–H and O–H groups in total. The number of aromatic nitrogens is 4. The SMILES string of the molecule is CCCc1nnnn1CCC(=O)N1CCNCC1. The summed E-state index contributed by atoms with van der Waals surface area (Å²) < 4.78 is 1.74. The number of rotatable bonds is 5. The first-order valence-electron chi connectivity index (χ1n) is 6.54. The van der Waals surface area contributed by atoms with Gasteiger partial charge in [-0.1, -0.05) is 6.92 Å². The highest BCUT2D eigenvalue weighted by molar-refractivity contribution is 5.76. The molecule has 0 atom stereocenters. The summed E-state index contributed by atoms with van der Waals surface area (Å²) in [6.45, 7) is 6.04. The molecule has 18 heavy (non-hydrogen) atoms. The van der Waals surface area contributed by atoms with E-state index in [1.165, 1.54) is 0 Å². The minimum absolute atomic E-state index is 0.189. The predicted octanol–water partition coefficient (Wildman–Crippen LogP) is -0.552. The number of hydrogen-bond acceptors (Lipinski definition) is 5. The molecule has 100 valence electrons. The van der Waals surface area contributed by atoms with E-state index >= 15 is 0 Å². The Balaban J connectivity index is 1.82. The number of piperazine rings is 1. The number of tetrazole rings is 1. The van der Waals surface area contributed by atoms with Crippen molar-refractivity contribution in [3.05, 3.63) is 5.82 Å². The summed E-state index contributed by atoms with van der Waals surface area (Å²) in [7, 11) is 0. The van der Waals surface area contributed by atoms with E-state index in [0.717, 1.165) is 44.8 Å². The Kier molecular flexibility index (Phi) is 4.63. The summed E-state index contributed by atoms with van der Waals surface area (Å²) in [5, 5.41) is 14.8. The molecule has 7 nitrogen and oxygen atoms in total. The number of nitrogens with one attached hydrogen (secondary N) is 1. The van der Waals surface area contributed by atoms with Gasteiger partial charge in [0.25, 0.3) is 0 Å². The first-order valence-corrected chi connectivity index (χ1v) is 6.54. The van der Waals surface area contributed by atoms with Crippen LogP contribution in [0.5, 0.6) is 0 Å². The van der Waals surface area contributed by atoms with Crippen molar-refractivity contribution in [2.45, 2.75) is 32.7 Å². The van der Waals surface area contributed by atoms with E-state index in [1.807, 2.05) is 4.90 Å². The maximum absolute atomic E-state index is 12.0. The van der Waals surface area contributed by atoms with Crippen molar-refractivity contribution >= 4 is 5.91 Å². The third-order valence-corrected chi connectivity index (χ3v) is 3.09. The average molecular weight is 252 g/mol. The molecule has 0 bridgehead atoms. The minimum Gasteiger partial charge on any atom is -0.340 e. The highest BCUT2D eigenvalue weighted by Crippen LogP contribution is 2.02. The number of amides is 1. The number of carbonyl (C=O) groups excluding carboxylic acids is 1. The van der Waals surface area contributed by atoms with Crippen molar-refractivity contribution in [3.8, 4) is 0 Å². The maximum Gasteiger partial charge on any atom is 0.224 e. The fourth-order valence-electron chi connectivity index (χ4n) is 2.07. The van der Waals surface area contributed by atoms with Crippen LogP contribution in [-0.2, 0) is 17.8 Å². The molecule has 1 aliphatic heterocycles. The maximum atomic E-state index is 12.0. The molecule has 0 unspecified atom stereocenters. The summed E-state index contributed by atoms with van der Waals surface area (Å²) in [4.78, 5) is 13.9. The van der Waals surface area contributed by atoms with Gasteiger partial charge < -0.3 is 10.2 Å². The molecule has 1 amide bonds. The van der Waals surface area contributed by atoms with Crippen LogP contribution in [0.15, 0.2) is 0 Å². The second kappa shape index (κ2) is 6.44. The molecule has 1 aromatic heterocycles. The van der Waals surface area contributed by atoms with Crippen LogP contribution in [-0.4, -0.2) is 57.2 Å². The summed E-state index contributed by atoms with van der Waals surface area (Å²) in [6, 6.07) is 0. The fraction of sp³-hybridized carbons (Fsp3) is 0.818. The Labute approximate surface area is 107 Å². The molecule has 2 rings (SSSR count). The van der Waals surface area contributed by atoms with E-state index in [0.29, 0.717) is 13.0 Å². The van der Waals surface area contributed by atoms with Crippen LogP contribution < -0.4 is 5.32 Å². The van der Waals surface area contributed by atoms with Crippen LogP contribution in [0.25, 0.3) is 0 Å². The second-order valence-electron chi connectivity index (χ2n) is 4.45. The number of hydrogen-bond donors (Lipinski definition) is 1. The van der Waals surface area contributed by atoms with Gasteiger partial charge in [0.2, 0.25) is 5.91 Å². The molecule has 1 aromatic rings. The lowest BCUT2D eigenvalue weighted by atomic mass is 10.3. The van der Waals surface area contributed by atoms with Crippen LogP contribution >= 0.6 is 0 Å². The zero-order valence-electron chi connectivity index (χ0n) is 10.8. The van der Waals surface area contributed by atoms with Crippen molar-refractivity contribution in [3.63, 3.8) is 0 Å². The van der Waals surface area contributed by atoms with Gasteiger partial charge in [-0.15, -0.1) is 5.10 Å². The first kappa shape index (κ1) is 12.9. The third-order valence-electron chi connectivity index (χ3n) is 3.09. The number of aryl methyl sites for hydroxylation is 2. The van der Waals surface area contributed by atoms with E-state index in [4.69, 9.17) is 0 Å². The molecular formula is C11H20N6O. The van der Waals surface area contributed by atoms with Crippen LogP contribution in [0.2, 0.25) is 0 Å². The van der Waals surface area contributed by atoms with Gasteiger partial charge in [0.1, 0.15) is 0 Å². The molecule has 1 aliphatic rings. The summed E-state index contributed by atoms with van der Waals surface area (Å²) in [5.74, 6) is 1.06. The molecule has 0 aliphatic carbocycles. The minimum atomic E-state index is 0.189. The van der Waals surface area contributed by atoms with E-state index in [2.05, 4.69) is 27.8 Å². The van der Waals surface area contributed by atoms with E-state index < -0.39 is 0 Å². The van der Waals surface area contributed by atoms with Gasteiger partial charge in [-0.3, -0.25) is 4.79 Å². The van der Waals surface area contributed by atoms with Gasteiger partial charge in [0.15, 0.2) is 5.82 Å². The molecule has 0 aromatic carbocycles. The van der Waals surface area contributed by atoms with Gasteiger partial charge in [-0.05, 0) is 16.8 Å². The fourth-order valence-corrected chi connectivity index (χ4v) is 2.07. The molecule has 2 heterocycles. The van der Waals surface area contributed by atoms with Gasteiger partial charge in [0, 0.05) is 39.0 Å². The Morgan fingerprint density at radius 2 is 2.17 bits per heavy atom. The van der Waals surface area contributed by atoms with Crippen LogP contribution in [0.1, 0.15) is 25.6 Å². The van der Waals surface area contributed by atoms with Crippen molar-refractivity contribution in [1.82, 2.24) is 30.4 Å². The predicted molar refractivity (Wildman–Crippen MR) is 65.9 cm³/mol. The van der Waals surface area contributed by atoms with Gasteiger partial charge in [0.05, 0.1) is 6.54 Å². The number of carbonyl (C=O) groups is 1. The quantitative estimate of drug-likeness (QED) is 0.761. The highest BCUT2D eigenvalue weighted by atomic mass is 16.2. The van der Waals surface area contributed by atoms with E-state index in [1.54, 1.807) is 4.68 Å². The first-order chi connectivity index (χ1) is 8.81. The van der Waals surface area contributed by atoms with Crippen LogP contribution in [0, 0.1) is 0 Å². The largest absolute Gasteiger partial charge is 0.340 e. The normalized spacial score (nSPS) is 15.9. The van der Waals surface area contributed by atoms with E-state index in [9.17, 15) is 4.79 Å². The summed E-state index contributed by atoms with van der Waals surface area (Å²) in [6.07, 6.45) is 2.34. The Hall–Kier alpha value is -1.50. The summed E-state index contributed by atoms with van der Waals surface area (Å²) in [5.41, 5.74) is 0. The van der Waals surface area contributed by atoms with Crippen molar-refractivity contribution in [2.75, 3.05) is 26.2 Å². The lowest BCUT2D eigenvalue weighted by Gasteiger charge is -2.27. The van der Waals surface area contributed by atoms with Crippen LogP contribution in [0.4, 0.5) is 0 Å². The van der Waals surface area contributed by atoms with Gasteiger partial charge >= 0.3 is 0 Å². The molecule has 0 spiro atoms. The lowest BCUT2D eigenvalue weighted by molar-refractivity contribution is -0.132. The smallest absolute Gasteiger partial charge is 0.224 e. The van der Waals surface area contributed by atoms with Crippen LogP contribution in [0.3, 0.4) is 0 Å². The molecule has 1 fully saturated rings. The number of nitrogens with zero attached hydrogens (tertiary/aromatic N) is 5. The summed E-state index contributed by atoms with van der Waals surface area (Å²) >= 11 is 0. The zero-order valence-corrected chi connectivity index (χ0v) is 10.8. The molecule has 0 saturated carbocycles. The monoisotopic (exact) mass is 252 g/mol. The Morgan fingerprint density at radius 3 is 2.89 bits per heavy atom. The van der Waals surface area contributed by atoms with Crippen molar-refractivity contribution in [1.29, 1.82) is 0 Å². The Morgan fingerprint density at radius 1 is 1.39 bits per heavy atom. The molecular weight excluding hydrogens is 232 g/mol. The van der Waals surface area contributed by atoms with Gasteiger partial charge in [-0.25, -0.2) is 4.68 Å². The lowest BCUT2D eigenvalue weighted by Crippen LogP contribution is -2.46.